The zero-order valence-corrected chi connectivity index (χ0v) is 24.3. The highest BCUT2D eigenvalue weighted by atomic mass is 19.1. The van der Waals surface area contributed by atoms with Gasteiger partial charge in [0, 0.05) is 5.56 Å². The van der Waals surface area contributed by atoms with Crippen molar-refractivity contribution in [2.24, 2.45) is 11.3 Å². The van der Waals surface area contributed by atoms with Crippen molar-refractivity contribution in [2.75, 3.05) is 6.61 Å². The third kappa shape index (κ3) is 6.50. The van der Waals surface area contributed by atoms with Crippen LogP contribution in [0.25, 0.3) is 22.3 Å². The summed E-state index contributed by atoms with van der Waals surface area (Å²) in [6.45, 7) is 12.1. The zero-order valence-electron chi connectivity index (χ0n) is 24.3. The van der Waals surface area contributed by atoms with E-state index in [1.165, 1.54) is 50.5 Å². The summed E-state index contributed by atoms with van der Waals surface area (Å²) in [5, 5.41) is 0. The van der Waals surface area contributed by atoms with Crippen molar-refractivity contribution in [3.63, 3.8) is 0 Å². The second kappa shape index (κ2) is 13.0. The molecule has 4 rings (SSSR count). The lowest BCUT2D eigenvalue weighted by molar-refractivity contribution is 0.173. The number of halogens is 1. The molecule has 204 valence electrons. The van der Waals surface area contributed by atoms with E-state index in [4.69, 9.17) is 4.74 Å². The smallest absolute Gasteiger partial charge is 0.131 e. The maximum absolute atomic E-state index is 15.4. The molecule has 0 bridgehead atoms. The fourth-order valence-corrected chi connectivity index (χ4v) is 6.29. The molecule has 1 aliphatic rings. The minimum atomic E-state index is -0.179. The highest BCUT2D eigenvalue weighted by Crippen LogP contribution is 2.37. The van der Waals surface area contributed by atoms with Crippen molar-refractivity contribution in [1.82, 2.24) is 0 Å². The molecule has 0 saturated heterocycles. The van der Waals surface area contributed by atoms with Gasteiger partial charge in [-0.25, -0.2) is 4.39 Å². The average molecular weight is 515 g/mol. The van der Waals surface area contributed by atoms with Crippen LogP contribution in [0.4, 0.5) is 4.39 Å². The molecule has 0 radical (unpaired) electrons. The molecule has 1 fully saturated rings. The van der Waals surface area contributed by atoms with Gasteiger partial charge in [-0.2, -0.15) is 0 Å². The summed E-state index contributed by atoms with van der Waals surface area (Å²) in [5.74, 6) is 2.28. The Morgan fingerprint density at radius 2 is 1.39 bits per heavy atom. The average Bonchev–Trinajstić information content (AvgIpc) is 2.96. The van der Waals surface area contributed by atoms with Crippen molar-refractivity contribution >= 4 is 0 Å². The molecule has 38 heavy (non-hydrogen) atoms. The summed E-state index contributed by atoms with van der Waals surface area (Å²) in [7, 11) is 0. The lowest BCUT2D eigenvalue weighted by Crippen LogP contribution is -2.21. The molecule has 0 unspecified atom stereocenters. The molecule has 0 aliphatic heterocycles. The van der Waals surface area contributed by atoms with Crippen LogP contribution in [0.2, 0.25) is 0 Å². The van der Waals surface area contributed by atoms with E-state index in [0.29, 0.717) is 16.9 Å². The van der Waals surface area contributed by atoms with Crippen LogP contribution in [-0.2, 0) is 6.42 Å². The largest absolute Gasteiger partial charge is 0.493 e. The summed E-state index contributed by atoms with van der Waals surface area (Å²) >= 11 is 0. The molecule has 0 aromatic heterocycles. The molecule has 3 aromatic rings. The van der Waals surface area contributed by atoms with Gasteiger partial charge in [-0.15, -0.1) is 0 Å². The van der Waals surface area contributed by atoms with Crippen molar-refractivity contribution in [3.05, 3.63) is 77.6 Å². The predicted octanol–water partition coefficient (Wildman–Crippen LogP) is 11.0. The molecule has 1 nitrogen and oxygen atoms in total. The monoisotopic (exact) mass is 514 g/mol. The third-order valence-corrected chi connectivity index (χ3v) is 9.59. The summed E-state index contributed by atoms with van der Waals surface area (Å²) in [6, 6.07) is 20.6. The molecule has 0 heterocycles. The molecule has 3 aromatic carbocycles. The van der Waals surface area contributed by atoms with E-state index in [2.05, 4.69) is 65.0 Å². The van der Waals surface area contributed by atoms with E-state index in [-0.39, 0.29) is 5.82 Å². The van der Waals surface area contributed by atoms with Gasteiger partial charge in [0.05, 0.1) is 6.61 Å². The SMILES string of the molecule is CCc1cc(-c2ccc(-c3ccc(C4CCC(C)CC4)cc3)cc2F)ccc1OCCC(CC)(CC)CC. The minimum absolute atomic E-state index is 0.179. The highest BCUT2D eigenvalue weighted by molar-refractivity contribution is 5.72. The Bertz CT molecular complexity index is 1160. The first-order valence-electron chi connectivity index (χ1n) is 15.1. The van der Waals surface area contributed by atoms with Crippen molar-refractivity contribution in [1.29, 1.82) is 0 Å². The molecular weight excluding hydrogens is 467 g/mol. The van der Waals surface area contributed by atoms with Crippen LogP contribution in [-0.4, -0.2) is 6.61 Å². The number of hydrogen-bond donors (Lipinski definition) is 0. The number of rotatable bonds is 11. The molecule has 2 heteroatoms. The summed E-state index contributed by atoms with van der Waals surface area (Å²) in [6.07, 6.45) is 10.7. The molecule has 0 spiro atoms. The molecule has 1 aliphatic carbocycles. The Kier molecular flexibility index (Phi) is 9.69. The fourth-order valence-electron chi connectivity index (χ4n) is 6.29. The lowest BCUT2D eigenvalue weighted by atomic mass is 9.77. The number of ether oxygens (including phenoxy) is 1. The van der Waals surface area contributed by atoms with Crippen LogP contribution >= 0.6 is 0 Å². The Balaban J connectivity index is 1.46. The van der Waals surface area contributed by atoms with Gasteiger partial charge in [-0.05, 0) is 89.0 Å². The van der Waals surface area contributed by atoms with Crippen LogP contribution < -0.4 is 4.74 Å². The van der Waals surface area contributed by atoms with Crippen molar-refractivity contribution < 1.29 is 9.13 Å². The topological polar surface area (TPSA) is 9.23 Å². The number of benzene rings is 3. The van der Waals surface area contributed by atoms with Crippen LogP contribution in [0, 0.1) is 17.2 Å². The fraction of sp³-hybridized carbons (Fsp3) is 0.500. The van der Waals surface area contributed by atoms with Gasteiger partial charge in [-0.3, -0.25) is 0 Å². The predicted molar refractivity (Wildman–Crippen MR) is 160 cm³/mol. The second-order valence-corrected chi connectivity index (χ2v) is 11.6. The first kappa shape index (κ1) is 28.4. The van der Waals surface area contributed by atoms with Gasteiger partial charge in [0.1, 0.15) is 11.6 Å². The molecule has 1 saturated carbocycles. The maximum atomic E-state index is 15.4. The van der Waals surface area contributed by atoms with Crippen LogP contribution in [0.5, 0.6) is 5.75 Å². The highest BCUT2D eigenvalue weighted by Gasteiger charge is 2.24. The first-order chi connectivity index (χ1) is 18.4. The number of aryl methyl sites for hydroxylation is 1. The Labute approximate surface area is 230 Å². The Morgan fingerprint density at radius 3 is 2.00 bits per heavy atom. The zero-order chi connectivity index (χ0) is 27.1. The quantitative estimate of drug-likeness (QED) is 0.247. The van der Waals surface area contributed by atoms with Gasteiger partial charge in [0.15, 0.2) is 0 Å². The first-order valence-corrected chi connectivity index (χ1v) is 15.1. The third-order valence-electron chi connectivity index (χ3n) is 9.59. The van der Waals surface area contributed by atoms with E-state index in [1.807, 2.05) is 24.3 Å². The standard InChI is InChI=1S/C36H47FO/c1-6-27-24-32(19-21-35(27)38-23-22-36(7-2,8-3)9-4)33-20-18-31(25-34(33)37)30-16-14-29(15-17-30)28-12-10-26(5)11-13-28/h14-21,24-26,28H,6-13,22-23H2,1-5H3. The summed E-state index contributed by atoms with van der Waals surface area (Å²) in [5.41, 5.74) is 6.48. The molecule has 0 atom stereocenters. The van der Waals surface area contributed by atoms with E-state index < -0.39 is 0 Å². The van der Waals surface area contributed by atoms with Gasteiger partial charge in [0.25, 0.3) is 0 Å². The van der Waals surface area contributed by atoms with Gasteiger partial charge < -0.3 is 4.74 Å². The number of hydrogen-bond acceptors (Lipinski definition) is 1. The maximum Gasteiger partial charge on any atom is 0.131 e. The van der Waals surface area contributed by atoms with E-state index in [0.717, 1.165) is 53.4 Å². The Morgan fingerprint density at radius 1 is 0.763 bits per heavy atom. The van der Waals surface area contributed by atoms with Crippen LogP contribution in [0.1, 0.15) is 103 Å². The molecule has 0 amide bonds. The van der Waals surface area contributed by atoms with Crippen molar-refractivity contribution in [3.8, 4) is 28.0 Å². The summed E-state index contributed by atoms with van der Waals surface area (Å²) in [4.78, 5) is 0. The van der Waals surface area contributed by atoms with E-state index in [1.54, 1.807) is 6.07 Å². The van der Waals surface area contributed by atoms with Gasteiger partial charge >= 0.3 is 0 Å². The molecule has 0 N–H and O–H groups in total. The normalized spacial score (nSPS) is 17.9. The van der Waals surface area contributed by atoms with Crippen LogP contribution in [0.3, 0.4) is 0 Å². The van der Waals surface area contributed by atoms with E-state index >= 15 is 4.39 Å². The Hall–Kier alpha value is -2.61. The van der Waals surface area contributed by atoms with E-state index in [9.17, 15) is 0 Å². The van der Waals surface area contributed by atoms with Gasteiger partial charge in [0.2, 0.25) is 0 Å². The lowest BCUT2D eigenvalue weighted by Gasteiger charge is -2.30. The molecular formula is C36H47FO. The van der Waals surface area contributed by atoms with Crippen molar-refractivity contribution in [2.45, 2.75) is 98.3 Å². The minimum Gasteiger partial charge on any atom is -0.493 e. The van der Waals surface area contributed by atoms with Crippen LogP contribution in [0.15, 0.2) is 60.7 Å². The van der Waals surface area contributed by atoms with Gasteiger partial charge in [-0.1, -0.05) is 109 Å². The summed E-state index contributed by atoms with van der Waals surface area (Å²) < 4.78 is 21.6. The second-order valence-electron chi connectivity index (χ2n) is 11.6.